The van der Waals surface area contributed by atoms with Gasteiger partial charge in [0.25, 0.3) is 0 Å². The Kier molecular flexibility index (Phi) is 6.58. The molecule has 1 N–H and O–H groups in total. The summed E-state index contributed by atoms with van der Waals surface area (Å²) < 4.78 is 13.3. The summed E-state index contributed by atoms with van der Waals surface area (Å²) in [5.74, 6) is -0.279. The number of nitrogens with zero attached hydrogens (tertiary/aromatic N) is 2. The summed E-state index contributed by atoms with van der Waals surface area (Å²) in [5, 5.41) is 4.41. The summed E-state index contributed by atoms with van der Waals surface area (Å²) in [6.07, 6.45) is 0.772. The number of nitrogens with one attached hydrogen (secondary N) is 1. The molecule has 1 aliphatic heterocycles. The van der Waals surface area contributed by atoms with Gasteiger partial charge in [0.05, 0.1) is 6.04 Å². The second kappa shape index (κ2) is 8.91. The number of hydrogen-bond acceptors (Lipinski definition) is 2. The van der Waals surface area contributed by atoms with E-state index >= 15 is 0 Å². The Bertz CT molecular complexity index is 780. The third kappa shape index (κ3) is 5.12. The van der Waals surface area contributed by atoms with Gasteiger partial charge in [0.2, 0.25) is 0 Å². The number of amides is 2. The Labute approximate surface area is 168 Å². The summed E-state index contributed by atoms with van der Waals surface area (Å²) in [6.45, 7) is 2.51. The number of urea groups is 1. The van der Waals surface area contributed by atoms with Crippen LogP contribution in [0.2, 0.25) is 10.0 Å². The van der Waals surface area contributed by atoms with Gasteiger partial charge in [0, 0.05) is 36.7 Å². The topological polar surface area (TPSA) is 35.6 Å². The normalized spacial score (nSPS) is 17.5. The minimum atomic E-state index is -0.279. The van der Waals surface area contributed by atoms with Crippen LogP contribution in [0, 0.1) is 5.82 Å². The van der Waals surface area contributed by atoms with Crippen LogP contribution in [0.4, 0.5) is 9.18 Å². The van der Waals surface area contributed by atoms with Crippen molar-refractivity contribution in [1.29, 1.82) is 0 Å². The Morgan fingerprint density at radius 1 is 1.19 bits per heavy atom. The van der Waals surface area contributed by atoms with Crippen molar-refractivity contribution in [1.82, 2.24) is 15.1 Å². The van der Waals surface area contributed by atoms with Gasteiger partial charge < -0.3 is 15.1 Å². The number of halogens is 3. The molecule has 2 aromatic carbocycles. The van der Waals surface area contributed by atoms with E-state index in [0.29, 0.717) is 23.1 Å². The lowest BCUT2D eigenvalue weighted by molar-refractivity contribution is 0.143. The van der Waals surface area contributed by atoms with Gasteiger partial charge in [-0.2, -0.15) is 0 Å². The van der Waals surface area contributed by atoms with Crippen molar-refractivity contribution >= 4 is 29.2 Å². The molecule has 0 bridgehead atoms. The van der Waals surface area contributed by atoms with Crippen LogP contribution in [0.5, 0.6) is 0 Å². The summed E-state index contributed by atoms with van der Waals surface area (Å²) in [5.41, 5.74) is 1.81. The highest BCUT2D eigenvalue weighted by Gasteiger charge is 2.28. The van der Waals surface area contributed by atoms with E-state index in [1.165, 1.54) is 12.1 Å². The van der Waals surface area contributed by atoms with Gasteiger partial charge in [-0.25, -0.2) is 9.18 Å². The Balaban J connectivity index is 1.79. The molecule has 0 radical (unpaired) electrons. The van der Waals surface area contributed by atoms with Gasteiger partial charge in [-0.05, 0) is 54.4 Å². The van der Waals surface area contributed by atoms with Crippen LogP contribution in [-0.4, -0.2) is 42.5 Å². The molecule has 0 spiro atoms. The van der Waals surface area contributed by atoms with Crippen LogP contribution < -0.4 is 5.32 Å². The Morgan fingerprint density at radius 3 is 2.52 bits per heavy atom. The van der Waals surface area contributed by atoms with E-state index in [2.05, 4.69) is 5.32 Å². The van der Waals surface area contributed by atoms with E-state index in [0.717, 1.165) is 30.6 Å². The molecule has 1 unspecified atom stereocenters. The van der Waals surface area contributed by atoms with Gasteiger partial charge in [0.15, 0.2) is 0 Å². The van der Waals surface area contributed by atoms with Crippen LogP contribution in [0.3, 0.4) is 0 Å². The summed E-state index contributed by atoms with van der Waals surface area (Å²) in [7, 11) is 1.76. The predicted molar refractivity (Wildman–Crippen MR) is 107 cm³/mol. The van der Waals surface area contributed by atoms with E-state index in [-0.39, 0.29) is 17.9 Å². The number of carbonyl (C=O) groups excluding carboxylic acids is 1. The summed E-state index contributed by atoms with van der Waals surface area (Å²) >= 11 is 12.1. The van der Waals surface area contributed by atoms with Crippen LogP contribution in [0.25, 0.3) is 0 Å². The highest BCUT2D eigenvalue weighted by atomic mass is 35.5. The minimum Gasteiger partial charge on any atom is -0.323 e. The van der Waals surface area contributed by atoms with E-state index in [9.17, 15) is 9.18 Å². The van der Waals surface area contributed by atoms with Gasteiger partial charge in [0.1, 0.15) is 5.82 Å². The molecule has 1 fully saturated rings. The molecule has 7 heteroatoms. The number of rotatable bonds is 3. The number of hydrogen-bond donors (Lipinski definition) is 1. The van der Waals surface area contributed by atoms with Crippen LogP contribution in [0.1, 0.15) is 23.6 Å². The maximum atomic E-state index is 13.3. The first kappa shape index (κ1) is 19.9. The quantitative estimate of drug-likeness (QED) is 0.795. The van der Waals surface area contributed by atoms with Gasteiger partial charge in [-0.1, -0.05) is 35.3 Å². The highest BCUT2D eigenvalue weighted by Crippen LogP contribution is 2.27. The lowest BCUT2D eigenvalue weighted by atomic mass is 10.0. The molecule has 0 aliphatic carbocycles. The zero-order valence-electron chi connectivity index (χ0n) is 15.1. The fraction of sp³-hybridized carbons (Fsp3) is 0.350. The van der Waals surface area contributed by atoms with E-state index in [1.807, 2.05) is 4.90 Å². The predicted octanol–water partition coefficient (Wildman–Crippen LogP) is 4.72. The first-order valence-corrected chi connectivity index (χ1v) is 9.62. The van der Waals surface area contributed by atoms with Crippen molar-refractivity contribution in [2.24, 2.45) is 0 Å². The van der Waals surface area contributed by atoms with Gasteiger partial charge in [-0.3, -0.25) is 0 Å². The molecule has 2 amide bonds. The zero-order chi connectivity index (χ0) is 19.4. The molecule has 27 heavy (non-hydrogen) atoms. The third-order valence-corrected chi connectivity index (χ3v) is 5.11. The SMILES string of the molecule is CN(Cc1cc(Cl)cc(Cl)c1)C(=O)N1CCNCCC1c1ccc(F)cc1. The van der Waals surface area contributed by atoms with Crippen molar-refractivity contribution in [3.05, 3.63) is 69.5 Å². The molecule has 1 heterocycles. The van der Waals surface area contributed by atoms with Crippen molar-refractivity contribution in [3.8, 4) is 0 Å². The minimum absolute atomic E-state index is 0.0795. The molecule has 144 valence electrons. The molecule has 3 rings (SSSR count). The van der Waals surface area contributed by atoms with Gasteiger partial charge in [-0.15, -0.1) is 0 Å². The standard InChI is InChI=1S/C20H22Cl2FN3O/c1-25(13-14-10-16(21)12-17(22)11-14)20(27)26-9-8-24-7-6-19(26)15-2-4-18(23)5-3-15/h2-5,10-12,19,24H,6-9,13H2,1H3. The second-order valence-corrected chi connectivity index (χ2v) is 7.59. The van der Waals surface area contributed by atoms with E-state index in [4.69, 9.17) is 23.2 Å². The molecule has 1 saturated heterocycles. The van der Waals surface area contributed by atoms with Crippen molar-refractivity contribution in [3.63, 3.8) is 0 Å². The average molecular weight is 410 g/mol. The second-order valence-electron chi connectivity index (χ2n) is 6.72. The van der Waals surface area contributed by atoms with Crippen LogP contribution in [0.15, 0.2) is 42.5 Å². The smallest absolute Gasteiger partial charge is 0.320 e. The fourth-order valence-corrected chi connectivity index (χ4v) is 3.97. The van der Waals surface area contributed by atoms with Crippen molar-refractivity contribution < 1.29 is 9.18 Å². The largest absolute Gasteiger partial charge is 0.323 e. The fourth-order valence-electron chi connectivity index (χ4n) is 3.40. The highest BCUT2D eigenvalue weighted by molar-refractivity contribution is 6.34. The van der Waals surface area contributed by atoms with Crippen molar-refractivity contribution in [2.45, 2.75) is 19.0 Å². The molecule has 1 atom stereocenters. The number of carbonyl (C=O) groups is 1. The lowest BCUT2D eigenvalue weighted by Gasteiger charge is -2.33. The van der Waals surface area contributed by atoms with Crippen molar-refractivity contribution in [2.75, 3.05) is 26.7 Å². The monoisotopic (exact) mass is 409 g/mol. The average Bonchev–Trinajstić information content (AvgIpc) is 2.86. The Hall–Kier alpha value is -1.82. The van der Waals surface area contributed by atoms with Crippen LogP contribution >= 0.6 is 23.2 Å². The molecular formula is C20H22Cl2FN3O. The van der Waals surface area contributed by atoms with E-state index < -0.39 is 0 Å². The molecule has 0 aromatic heterocycles. The zero-order valence-corrected chi connectivity index (χ0v) is 16.6. The van der Waals surface area contributed by atoms with Crippen LogP contribution in [-0.2, 0) is 6.54 Å². The molecule has 1 aliphatic rings. The molecule has 0 saturated carbocycles. The summed E-state index contributed by atoms with van der Waals surface area (Å²) in [6, 6.07) is 11.5. The molecular weight excluding hydrogens is 388 g/mol. The third-order valence-electron chi connectivity index (χ3n) is 4.67. The first-order chi connectivity index (χ1) is 12.9. The maximum absolute atomic E-state index is 13.3. The van der Waals surface area contributed by atoms with Gasteiger partial charge >= 0.3 is 6.03 Å². The maximum Gasteiger partial charge on any atom is 0.320 e. The first-order valence-electron chi connectivity index (χ1n) is 8.87. The number of benzene rings is 2. The van der Waals surface area contributed by atoms with E-state index in [1.54, 1.807) is 42.3 Å². The summed E-state index contributed by atoms with van der Waals surface area (Å²) in [4.78, 5) is 16.7. The lowest BCUT2D eigenvalue weighted by Crippen LogP contribution is -2.44. The Morgan fingerprint density at radius 2 is 1.85 bits per heavy atom. The molecule has 2 aromatic rings. The molecule has 4 nitrogen and oxygen atoms in total.